The normalized spacial score (nSPS) is 15.6. The van der Waals surface area contributed by atoms with Crippen molar-refractivity contribution in [3.8, 4) is 5.75 Å². The number of pyridine rings is 3. The van der Waals surface area contributed by atoms with Crippen molar-refractivity contribution in [1.29, 1.82) is 0 Å². The van der Waals surface area contributed by atoms with Crippen molar-refractivity contribution in [2.45, 2.75) is 25.8 Å². The molecule has 0 N–H and O–H groups in total. The molecule has 2 aliphatic heterocycles. The number of anilines is 2. The minimum atomic E-state index is -0.245. The molecule has 0 saturated carbocycles. The van der Waals surface area contributed by atoms with E-state index in [0.717, 1.165) is 43.6 Å². The van der Waals surface area contributed by atoms with Crippen LogP contribution in [-0.4, -0.2) is 61.2 Å². The minimum absolute atomic E-state index is 0.00690. The lowest BCUT2D eigenvalue weighted by Crippen LogP contribution is -2.36. The second kappa shape index (κ2) is 9.27. The Balaban J connectivity index is 1.29. The summed E-state index contributed by atoms with van der Waals surface area (Å²) in [4.78, 5) is 38.3. The molecule has 4 aromatic heterocycles. The summed E-state index contributed by atoms with van der Waals surface area (Å²) in [5.74, 6) is 1.20. The number of likely N-dealkylation sites (tertiary alicyclic amines) is 1. The van der Waals surface area contributed by atoms with Gasteiger partial charge < -0.3 is 14.5 Å². The molecule has 184 valence electrons. The predicted octanol–water partition coefficient (Wildman–Crippen LogP) is 3.14. The number of ether oxygens (including phenoxy) is 1. The maximum Gasteiger partial charge on any atom is 0.350 e. The van der Waals surface area contributed by atoms with Crippen molar-refractivity contribution < 1.29 is 9.53 Å². The molecule has 11 heteroatoms. The molecule has 0 atom stereocenters. The second-order valence-corrected chi connectivity index (χ2v) is 9.33. The average Bonchev–Trinajstić information content (AvgIpc) is 3.22. The van der Waals surface area contributed by atoms with Gasteiger partial charge in [0, 0.05) is 43.4 Å². The molecule has 0 spiro atoms. The van der Waals surface area contributed by atoms with Crippen LogP contribution in [0.15, 0.2) is 53.7 Å². The van der Waals surface area contributed by atoms with Gasteiger partial charge in [-0.25, -0.2) is 19.4 Å². The lowest BCUT2D eigenvalue weighted by atomic mass is 10.1. The molecule has 6 rings (SSSR count). The molecule has 0 radical (unpaired) electrons. The number of rotatable bonds is 4. The summed E-state index contributed by atoms with van der Waals surface area (Å²) in [5.41, 5.74) is 2.48. The quantitative estimate of drug-likeness (QED) is 0.393. The standard InChI is InChI=1S/C25H24ClN7O3/c26-21-12-17(4-6-27-21)16-33-25(35)32-9-5-19(14-22(32)29-33)31-10-11-36-20-13-18(15-28-23(20)31)24(34)30-7-2-1-3-8-30/h4-6,9,12-15H,1-3,7-8,10-11,16H2. The van der Waals surface area contributed by atoms with Crippen LogP contribution in [0.5, 0.6) is 5.75 Å². The molecule has 1 fully saturated rings. The van der Waals surface area contributed by atoms with Crippen molar-refractivity contribution in [3.05, 3.63) is 75.7 Å². The number of carbonyl (C=O) groups is 1. The Morgan fingerprint density at radius 3 is 2.75 bits per heavy atom. The van der Waals surface area contributed by atoms with Gasteiger partial charge in [0.1, 0.15) is 11.8 Å². The average molecular weight is 506 g/mol. The van der Waals surface area contributed by atoms with Crippen molar-refractivity contribution in [2.24, 2.45) is 0 Å². The largest absolute Gasteiger partial charge is 0.488 e. The minimum Gasteiger partial charge on any atom is -0.488 e. The lowest BCUT2D eigenvalue weighted by molar-refractivity contribution is 0.0723. The van der Waals surface area contributed by atoms with Gasteiger partial charge >= 0.3 is 5.69 Å². The summed E-state index contributed by atoms with van der Waals surface area (Å²) in [6.07, 6.45) is 8.16. The Labute approximate surface area is 211 Å². The Kier molecular flexibility index (Phi) is 5.80. The molecule has 2 aliphatic rings. The van der Waals surface area contributed by atoms with E-state index in [1.54, 1.807) is 36.8 Å². The second-order valence-electron chi connectivity index (χ2n) is 8.94. The Morgan fingerprint density at radius 2 is 1.92 bits per heavy atom. The Morgan fingerprint density at radius 1 is 1.06 bits per heavy atom. The Hall–Kier alpha value is -3.92. The number of fused-ring (bicyclic) bond motifs is 2. The molecule has 0 aliphatic carbocycles. The van der Waals surface area contributed by atoms with Gasteiger partial charge in [-0.3, -0.25) is 9.20 Å². The van der Waals surface area contributed by atoms with Gasteiger partial charge in [-0.15, -0.1) is 5.10 Å². The predicted molar refractivity (Wildman–Crippen MR) is 134 cm³/mol. The summed E-state index contributed by atoms with van der Waals surface area (Å²) in [6.45, 7) is 2.88. The zero-order chi connectivity index (χ0) is 24.6. The number of amides is 1. The molecule has 1 saturated heterocycles. The zero-order valence-corrected chi connectivity index (χ0v) is 20.3. The van der Waals surface area contributed by atoms with Crippen LogP contribution in [-0.2, 0) is 6.54 Å². The third kappa shape index (κ3) is 4.17. The van der Waals surface area contributed by atoms with Gasteiger partial charge in [0.05, 0.1) is 18.7 Å². The van der Waals surface area contributed by atoms with E-state index in [1.807, 2.05) is 21.9 Å². The van der Waals surface area contributed by atoms with Gasteiger partial charge in [0.2, 0.25) is 0 Å². The number of piperidine rings is 1. The summed E-state index contributed by atoms with van der Waals surface area (Å²) in [5, 5.41) is 4.88. The number of carbonyl (C=O) groups excluding carboxylic acids is 1. The molecule has 10 nitrogen and oxygen atoms in total. The van der Waals surface area contributed by atoms with E-state index in [0.29, 0.717) is 41.1 Å². The summed E-state index contributed by atoms with van der Waals surface area (Å²) >= 11 is 5.98. The highest BCUT2D eigenvalue weighted by atomic mass is 35.5. The maximum atomic E-state index is 12.9. The van der Waals surface area contributed by atoms with Crippen LogP contribution in [0.3, 0.4) is 0 Å². The molecule has 4 aromatic rings. The number of hydrogen-bond acceptors (Lipinski definition) is 7. The molecule has 36 heavy (non-hydrogen) atoms. The fourth-order valence-electron chi connectivity index (χ4n) is 4.74. The highest BCUT2D eigenvalue weighted by Crippen LogP contribution is 2.35. The van der Waals surface area contributed by atoms with Gasteiger partial charge in [-0.2, -0.15) is 0 Å². The number of aromatic nitrogens is 5. The monoisotopic (exact) mass is 505 g/mol. The van der Waals surface area contributed by atoms with Crippen LogP contribution in [0.4, 0.5) is 11.5 Å². The topological polar surface area (TPSA) is 97.9 Å². The first-order valence-corrected chi connectivity index (χ1v) is 12.3. The fraction of sp³-hybridized carbons (Fsp3) is 0.320. The summed E-state index contributed by atoms with van der Waals surface area (Å²) < 4.78 is 8.77. The van der Waals surface area contributed by atoms with Gasteiger partial charge in [-0.1, -0.05) is 11.6 Å². The van der Waals surface area contributed by atoms with Crippen LogP contribution in [0, 0.1) is 0 Å². The molecule has 0 unspecified atom stereocenters. The molecule has 6 heterocycles. The van der Waals surface area contributed by atoms with E-state index < -0.39 is 0 Å². The lowest BCUT2D eigenvalue weighted by Gasteiger charge is -2.31. The van der Waals surface area contributed by atoms with E-state index >= 15 is 0 Å². The maximum absolute atomic E-state index is 12.9. The smallest absolute Gasteiger partial charge is 0.350 e. The summed E-state index contributed by atoms with van der Waals surface area (Å²) in [7, 11) is 0. The van der Waals surface area contributed by atoms with Crippen molar-refractivity contribution in [2.75, 3.05) is 31.1 Å². The van der Waals surface area contributed by atoms with E-state index in [9.17, 15) is 9.59 Å². The van der Waals surface area contributed by atoms with E-state index in [1.165, 1.54) is 9.08 Å². The number of nitrogens with zero attached hydrogens (tertiary/aromatic N) is 7. The van der Waals surface area contributed by atoms with Crippen LogP contribution in [0.2, 0.25) is 5.15 Å². The highest BCUT2D eigenvalue weighted by Gasteiger charge is 2.25. The van der Waals surface area contributed by atoms with Crippen LogP contribution < -0.4 is 15.3 Å². The molecular weight excluding hydrogens is 482 g/mol. The molecular formula is C25H24ClN7O3. The molecule has 1 amide bonds. The van der Waals surface area contributed by atoms with E-state index in [4.69, 9.17) is 16.3 Å². The van der Waals surface area contributed by atoms with Gasteiger partial charge in [-0.05, 0) is 49.1 Å². The zero-order valence-electron chi connectivity index (χ0n) is 19.5. The highest BCUT2D eigenvalue weighted by molar-refractivity contribution is 6.29. The fourth-order valence-corrected chi connectivity index (χ4v) is 4.94. The van der Waals surface area contributed by atoms with Crippen LogP contribution in [0.1, 0.15) is 35.2 Å². The van der Waals surface area contributed by atoms with Gasteiger partial charge in [0.25, 0.3) is 5.91 Å². The SMILES string of the molecule is O=C(c1cnc2c(c1)OCCN2c1ccn2c(=O)n(Cc3ccnc(Cl)c3)nc2c1)N1CCCCC1. The first kappa shape index (κ1) is 22.5. The Bertz CT molecular complexity index is 1510. The molecule has 0 aromatic carbocycles. The van der Waals surface area contributed by atoms with Crippen LogP contribution in [0.25, 0.3) is 5.65 Å². The third-order valence-electron chi connectivity index (χ3n) is 6.55. The van der Waals surface area contributed by atoms with Crippen molar-refractivity contribution in [3.63, 3.8) is 0 Å². The number of hydrogen-bond donors (Lipinski definition) is 0. The van der Waals surface area contributed by atoms with Gasteiger partial charge in [0.15, 0.2) is 17.2 Å². The van der Waals surface area contributed by atoms with E-state index in [-0.39, 0.29) is 18.1 Å². The first-order valence-electron chi connectivity index (χ1n) is 12.0. The molecule has 0 bridgehead atoms. The van der Waals surface area contributed by atoms with Crippen molar-refractivity contribution in [1.82, 2.24) is 29.0 Å². The first-order chi connectivity index (χ1) is 17.6. The van der Waals surface area contributed by atoms with Crippen molar-refractivity contribution >= 4 is 34.7 Å². The van der Waals surface area contributed by atoms with Crippen LogP contribution >= 0.6 is 11.6 Å². The number of halogens is 1. The van der Waals surface area contributed by atoms with E-state index in [2.05, 4.69) is 15.1 Å². The third-order valence-corrected chi connectivity index (χ3v) is 6.76. The summed E-state index contributed by atoms with van der Waals surface area (Å²) in [6, 6.07) is 9.00.